The number of carbonyl (C=O) groups excluding carboxylic acids is 1. The van der Waals surface area contributed by atoms with E-state index >= 15 is 0 Å². The fraction of sp³-hybridized carbons (Fsp3) is 0.304. The molecule has 0 atom stereocenters. The maximum atomic E-state index is 12.1. The van der Waals surface area contributed by atoms with Gasteiger partial charge in [0.15, 0.2) is 0 Å². The zero-order chi connectivity index (χ0) is 43.6. The molecule has 314 valence electrons. The summed E-state index contributed by atoms with van der Waals surface area (Å²) < 4.78 is 11.0. The number of hydrogen-bond acceptors (Lipinski definition) is 4. The zero-order valence-electron chi connectivity index (χ0n) is 37.7. The number of ketones is 1. The Kier molecular flexibility index (Phi) is 18.9. The van der Waals surface area contributed by atoms with E-state index in [2.05, 4.69) is 136 Å². The van der Waals surface area contributed by atoms with Crippen molar-refractivity contribution < 1.29 is 14.3 Å². The Morgan fingerprint density at radius 1 is 0.483 bits per heavy atom. The van der Waals surface area contributed by atoms with Crippen molar-refractivity contribution in [2.24, 2.45) is 5.92 Å². The quantitative estimate of drug-likeness (QED) is 0.122. The first-order valence-corrected chi connectivity index (χ1v) is 22.2. The van der Waals surface area contributed by atoms with E-state index in [9.17, 15) is 4.79 Å². The molecule has 0 N–H and O–H groups in total. The second-order valence-electron chi connectivity index (χ2n) is 16.8. The molecule has 6 aromatic carbocycles. The zero-order valence-corrected chi connectivity index (χ0v) is 38.6. The van der Waals surface area contributed by atoms with Crippen molar-refractivity contribution in [2.75, 3.05) is 7.11 Å². The molecule has 0 unspecified atom stereocenters. The first kappa shape index (κ1) is 47.2. The van der Waals surface area contributed by atoms with Crippen LogP contribution in [-0.2, 0) is 6.42 Å². The average molecular weight is 819 g/mol. The molecule has 0 aliphatic heterocycles. The fourth-order valence-electron chi connectivity index (χ4n) is 6.32. The van der Waals surface area contributed by atoms with Gasteiger partial charge in [-0.2, -0.15) is 0 Å². The van der Waals surface area contributed by atoms with Gasteiger partial charge in [0, 0.05) is 10.4 Å². The second-order valence-corrected chi connectivity index (χ2v) is 17.9. The van der Waals surface area contributed by atoms with Crippen LogP contribution in [0.1, 0.15) is 135 Å². The lowest BCUT2D eigenvalue weighted by Gasteiger charge is -2.09. The molecule has 0 aliphatic rings. The van der Waals surface area contributed by atoms with Crippen LogP contribution in [0.2, 0.25) is 0 Å². The number of carbonyl (C=O) groups is 1. The van der Waals surface area contributed by atoms with E-state index in [0.29, 0.717) is 23.7 Å². The van der Waals surface area contributed by atoms with Crippen molar-refractivity contribution in [3.63, 3.8) is 0 Å². The molecule has 60 heavy (non-hydrogen) atoms. The van der Waals surface area contributed by atoms with Crippen molar-refractivity contribution in [1.82, 2.24) is 0 Å². The van der Waals surface area contributed by atoms with Crippen LogP contribution in [0.15, 0.2) is 158 Å². The van der Waals surface area contributed by atoms with Crippen LogP contribution in [0.3, 0.4) is 0 Å². The van der Waals surface area contributed by atoms with Crippen molar-refractivity contribution in [2.45, 2.75) is 99.3 Å². The third-order valence-electron chi connectivity index (χ3n) is 9.99. The van der Waals surface area contributed by atoms with E-state index in [1.54, 1.807) is 18.4 Å². The first-order chi connectivity index (χ1) is 28.7. The molecule has 1 aromatic heterocycles. The average Bonchev–Trinajstić information content (AvgIpc) is 3.76. The minimum Gasteiger partial charge on any atom is -0.497 e. The second kappa shape index (κ2) is 24.0. The van der Waals surface area contributed by atoms with Gasteiger partial charge >= 0.3 is 0 Å². The van der Waals surface area contributed by atoms with Gasteiger partial charge in [-0.25, -0.2) is 0 Å². The summed E-state index contributed by atoms with van der Waals surface area (Å²) in [6.07, 6.45) is 1.19. The molecule has 0 saturated carbocycles. The van der Waals surface area contributed by atoms with E-state index in [4.69, 9.17) is 9.47 Å². The highest BCUT2D eigenvalue weighted by Crippen LogP contribution is 2.28. The predicted octanol–water partition coefficient (Wildman–Crippen LogP) is 16.7. The van der Waals surface area contributed by atoms with Crippen molar-refractivity contribution in [3.8, 4) is 17.2 Å². The molecule has 0 spiro atoms. The van der Waals surface area contributed by atoms with Gasteiger partial charge in [-0.1, -0.05) is 178 Å². The third kappa shape index (κ3) is 15.3. The van der Waals surface area contributed by atoms with Crippen LogP contribution in [0.4, 0.5) is 0 Å². The van der Waals surface area contributed by atoms with Gasteiger partial charge in [0.05, 0.1) is 12.0 Å². The Balaban J connectivity index is 0.000000177. The summed E-state index contributed by atoms with van der Waals surface area (Å²) in [4.78, 5) is 14.2. The number of ether oxygens (including phenoxy) is 2. The monoisotopic (exact) mass is 818 g/mol. The SMILES string of the molecule is CC(C)Cc1ccc(C(C)C)cc1.CC(C)c1ccc(C(=O)c2ccccc2)s1.CC(C)c1cccc(Oc2ccccc2)c1.COc1ccc2cc(C(C)C)ccc2c1. The van der Waals surface area contributed by atoms with Crippen LogP contribution in [0.5, 0.6) is 17.2 Å². The number of fused-ring (bicyclic) bond motifs is 1. The molecule has 0 bridgehead atoms. The van der Waals surface area contributed by atoms with Crippen LogP contribution in [-0.4, -0.2) is 12.9 Å². The summed E-state index contributed by atoms with van der Waals surface area (Å²) >= 11 is 1.59. The van der Waals surface area contributed by atoms with Gasteiger partial charge in [0.2, 0.25) is 5.78 Å². The van der Waals surface area contributed by atoms with E-state index in [0.717, 1.165) is 33.6 Å². The van der Waals surface area contributed by atoms with Crippen LogP contribution < -0.4 is 9.47 Å². The lowest BCUT2D eigenvalue weighted by atomic mass is 9.98. The van der Waals surface area contributed by atoms with E-state index < -0.39 is 0 Å². The van der Waals surface area contributed by atoms with Crippen molar-refractivity contribution in [1.29, 1.82) is 0 Å². The minimum absolute atomic E-state index is 0.123. The largest absolute Gasteiger partial charge is 0.497 e. The summed E-state index contributed by atoms with van der Waals surface area (Å²) in [5, 5.41) is 2.51. The Bertz CT molecular complexity index is 2300. The Hall–Kier alpha value is -5.45. The van der Waals surface area contributed by atoms with Gasteiger partial charge < -0.3 is 9.47 Å². The highest BCUT2D eigenvalue weighted by molar-refractivity contribution is 7.14. The smallest absolute Gasteiger partial charge is 0.202 e. The summed E-state index contributed by atoms with van der Waals surface area (Å²) in [6, 6.07) is 53.3. The molecule has 4 heteroatoms. The topological polar surface area (TPSA) is 35.5 Å². The molecule has 0 amide bonds. The molecular formula is C56H66O3S. The lowest BCUT2D eigenvalue weighted by Crippen LogP contribution is -1.97. The number of thiophene rings is 1. The number of methoxy groups -OCH3 is 1. The number of hydrogen-bond donors (Lipinski definition) is 0. The number of rotatable bonds is 11. The number of para-hydroxylation sites is 1. The molecule has 0 aliphatic carbocycles. The highest BCUT2D eigenvalue weighted by atomic mass is 32.1. The predicted molar refractivity (Wildman–Crippen MR) is 259 cm³/mol. The molecule has 1 heterocycles. The highest BCUT2D eigenvalue weighted by Gasteiger charge is 2.12. The van der Waals surface area contributed by atoms with Gasteiger partial charge in [-0.15, -0.1) is 11.3 Å². The molecule has 0 radical (unpaired) electrons. The van der Waals surface area contributed by atoms with Gasteiger partial charge in [-0.3, -0.25) is 4.79 Å². The van der Waals surface area contributed by atoms with E-state index in [1.807, 2.05) is 91.0 Å². The normalized spacial score (nSPS) is 10.8. The molecule has 7 rings (SSSR count). The summed E-state index contributed by atoms with van der Waals surface area (Å²) in [7, 11) is 1.70. The maximum absolute atomic E-state index is 12.1. The summed E-state index contributed by atoms with van der Waals surface area (Å²) in [5.74, 6) is 5.81. The van der Waals surface area contributed by atoms with Gasteiger partial charge in [-0.05, 0) is 118 Å². The fourth-order valence-corrected chi connectivity index (χ4v) is 7.29. The maximum Gasteiger partial charge on any atom is 0.202 e. The van der Waals surface area contributed by atoms with Gasteiger partial charge in [0.25, 0.3) is 0 Å². The Morgan fingerprint density at radius 3 is 1.60 bits per heavy atom. The molecule has 3 nitrogen and oxygen atoms in total. The third-order valence-corrected chi connectivity index (χ3v) is 11.4. The summed E-state index contributed by atoms with van der Waals surface area (Å²) in [6.45, 7) is 22.1. The van der Waals surface area contributed by atoms with Gasteiger partial charge in [0.1, 0.15) is 17.2 Å². The molecule has 0 fully saturated rings. The standard InChI is InChI=1S/C15H16O.C14H14OS.C14H16O.C13H20/c1-12(2)13-7-6-10-15(11-13)16-14-8-4-3-5-9-14;1-10(2)12-8-9-13(16-12)14(15)11-6-4-3-5-7-11;1-10(2)11-4-5-13-9-14(15-3)7-6-12(13)8-11;1-10(2)9-12-5-7-13(8-6-12)11(3)4/h3-12H,1-2H3;3-10H,1-2H3;4-10H,1-3H3;5-8,10-11H,9H2,1-4H3. The van der Waals surface area contributed by atoms with Crippen molar-refractivity contribution >= 4 is 27.9 Å². The van der Waals surface area contributed by atoms with Crippen LogP contribution in [0, 0.1) is 5.92 Å². The van der Waals surface area contributed by atoms with E-state index in [1.165, 1.54) is 44.3 Å². The lowest BCUT2D eigenvalue weighted by molar-refractivity contribution is 0.104. The summed E-state index contributed by atoms with van der Waals surface area (Å²) in [5.41, 5.74) is 6.34. The molecule has 0 saturated heterocycles. The van der Waals surface area contributed by atoms with Crippen LogP contribution in [0.25, 0.3) is 10.8 Å². The van der Waals surface area contributed by atoms with Crippen LogP contribution >= 0.6 is 11.3 Å². The minimum atomic E-state index is 0.123. The van der Waals surface area contributed by atoms with Crippen molar-refractivity contribution in [3.05, 3.63) is 195 Å². The Labute approximate surface area is 365 Å². The Morgan fingerprint density at radius 2 is 1.03 bits per heavy atom. The molecule has 7 aromatic rings. The number of benzene rings is 6. The first-order valence-electron chi connectivity index (χ1n) is 21.4. The molecular weight excluding hydrogens is 753 g/mol. The van der Waals surface area contributed by atoms with E-state index in [-0.39, 0.29) is 5.78 Å².